The number of halogens is 1. The number of nitro groups is 1. The van der Waals surface area contributed by atoms with Gasteiger partial charge < -0.3 is 15.1 Å². The molecular formula is C16H21ClN4O3S. The van der Waals surface area contributed by atoms with Gasteiger partial charge in [-0.25, -0.2) is 0 Å². The van der Waals surface area contributed by atoms with Crippen molar-refractivity contribution in [3.63, 3.8) is 0 Å². The first kappa shape index (κ1) is 19.4. The molecule has 0 aromatic heterocycles. The number of hydrogen-bond donors (Lipinski definition) is 1. The van der Waals surface area contributed by atoms with Gasteiger partial charge in [-0.1, -0.05) is 31.5 Å². The van der Waals surface area contributed by atoms with Gasteiger partial charge in [0.05, 0.1) is 9.95 Å². The largest absolute Gasteiger partial charge is 0.361 e. The minimum absolute atomic E-state index is 0.00578. The van der Waals surface area contributed by atoms with Gasteiger partial charge in [-0.3, -0.25) is 14.9 Å². The molecule has 25 heavy (non-hydrogen) atoms. The Morgan fingerprint density at radius 2 is 2.00 bits per heavy atom. The van der Waals surface area contributed by atoms with Crippen LogP contribution < -0.4 is 10.2 Å². The number of carbonyl (C=O) groups excluding carboxylic acids is 1. The highest BCUT2D eigenvalue weighted by Crippen LogP contribution is 2.35. The first-order valence-electron chi connectivity index (χ1n) is 8.06. The van der Waals surface area contributed by atoms with Gasteiger partial charge in [0.2, 0.25) is 5.91 Å². The van der Waals surface area contributed by atoms with E-state index in [-0.39, 0.29) is 17.5 Å². The molecule has 1 aromatic carbocycles. The maximum absolute atomic E-state index is 11.8. The van der Waals surface area contributed by atoms with Crippen LogP contribution in [0.1, 0.15) is 20.3 Å². The Kier molecular flexibility index (Phi) is 6.55. The number of amides is 1. The average Bonchev–Trinajstić information content (AvgIpc) is 2.53. The van der Waals surface area contributed by atoms with E-state index in [4.69, 9.17) is 23.8 Å². The molecule has 0 spiro atoms. The standard InChI is InChI=1S/C16H21ClN4O3S/c1-11(2)10-14(22)18-16(25)20-8-6-19(7-9-20)15-12(17)4-3-5-13(15)21(23)24/h3-5,11H,6-10H2,1-2H3,(H,18,22,25). The monoisotopic (exact) mass is 384 g/mol. The van der Waals surface area contributed by atoms with E-state index >= 15 is 0 Å². The van der Waals surface area contributed by atoms with E-state index in [2.05, 4.69) is 5.32 Å². The summed E-state index contributed by atoms with van der Waals surface area (Å²) in [5.41, 5.74) is 0.428. The van der Waals surface area contributed by atoms with Gasteiger partial charge in [-0.2, -0.15) is 0 Å². The van der Waals surface area contributed by atoms with Crippen LogP contribution in [0.25, 0.3) is 0 Å². The molecule has 1 aromatic rings. The number of rotatable bonds is 4. The highest BCUT2D eigenvalue weighted by Gasteiger charge is 2.27. The van der Waals surface area contributed by atoms with Gasteiger partial charge >= 0.3 is 0 Å². The van der Waals surface area contributed by atoms with Crippen LogP contribution in [-0.2, 0) is 4.79 Å². The molecule has 0 aliphatic carbocycles. The van der Waals surface area contributed by atoms with Crippen LogP contribution in [-0.4, -0.2) is 47.0 Å². The zero-order chi connectivity index (χ0) is 18.6. The van der Waals surface area contributed by atoms with Crippen molar-refractivity contribution in [2.45, 2.75) is 20.3 Å². The molecule has 7 nitrogen and oxygen atoms in total. The third-order valence-corrected chi connectivity index (χ3v) is 4.55. The summed E-state index contributed by atoms with van der Waals surface area (Å²) in [5.74, 6) is 0.171. The summed E-state index contributed by atoms with van der Waals surface area (Å²) >= 11 is 11.5. The number of piperazine rings is 1. The fourth-order valence-corrected chi connectivity index (χ4v) is 3.30. The molecule has 0 radical (unpaired) electrons. The molecule has 1 aliphatic heterocycles. The molecule has 0 unspecified atom stereocenters. The SMILES string of the molecule is CC(C)CC(=O)NC(=S)N1CCN(c2c(Cl)cccc2[N+](=O)[O-])CC1. The second-order valence-electron chi connectivity index (χ2n) is 6.29. The van der Waals surface area contributed by atoms with Gasteiger partial charge in [-0.05, 0) is 24.2 Å². The Morgan fingerprint density at radius 1 is 1.36 bits per heavy atom. The van der Waals surface area contributed by atoms with Gasteiger partial charge in [0.1, 0.15) is 5.69 Å². The fourth-order valence-electron chi connectivity index (χ4n) is 2.72. The number of para-hydroxylation sites is 1. The Morgan fingerprint density at radius 3 is 2.56 bits per heavy atom. The van der Waals surface area contributed by atoms with E-state index in [0.29, 0.717) is 48.4 Å². The number of nitro benzene ring substituents is 1. The van der Waals surface area contributed by atoms with Crippen molar-refractivity contribution >= 4 is 46.2 Å². The quantitative estimate of drug-likeness (QED) is 0.488. The van der Waals surface area contributed by atoms with E-state index < -0.39 is 4.92 Å². The minimum Gasteiger partial charge on any atom is -0.361 e. The molecule has 0 saturated carbocycles. The number of anilines is 1. The molecule has 1 amide bonds. The lowest BCUT2D eigenvalue weighted by Crippen LogP contribution is -2.53. The van der Waals surface area contributed by atoms with E-state index in [0.717, 1.165) is 0 Å². The van der Waals surface area contributed by atoms with Crippen LogP contribution in [0.4, 0.5) is 11.4 Å². The van der Waals surface area contributed by atoms with E-state index in [1.165, 1.54) is 6.07 Å². The maximum Gasteiger partial charge on any atom is 0.294 e. The van der Waals surface area contributed by atoms with Crippen LogP contribution in [0.2, 0.25) is 5.02 Å². The zero-order valence-corrected chi connectivity index (χ0v) is 15.8. The summed E-state index contributed by atoms with van der Waals surface area (Å²) < 4.78 is 0. The van der Waals surface area contributed by atoms with Crippen LogP contribution in [0.15, 0.2) is 18.2 Å². The highest BCUT2D eigenvalue weighted by molar-refractivity contribution is 7.80. The average molecular weight is 385 g/mol. The van der Waals surface area contributed by atoms with Crippen molar-refractivity contribution < 1.29 is 9.72 Å². The summed E-state index contributed by atoms with van der Waals surface area (Å²) in [6.45, 7) is 6.12. The van der Waals surface area contributed by atoms with Crippen molar-refractivity contribution in [1.82, 2.24) is 10.2 Å². The van der Waals surface area contributed by atoms with Crippen LogP contribution >= 0.6 is 23.8 Å². The smallest absolute Gasteiger partial charge is 0.294 e. The lowest BCUT2D eigenvalue weighted by Gasteiger charge is -2.37. The maximum atomic E-state index is 11.8. The molecule has 1 heterocycles. The lowest BCUT2D eigenvalue weighted by atomic mass is 10.1. The number of carbonyl (C=O) groups is 1. The summed E-state index contributed by atoms with van der Waals surface area (Å²) in [4.78, 5) is 26.4. The molecule has 1 saturated heterocycles. The zero-order valence-electron chi connectivity index (χ0n) is 14.2. The fraction of sp³-hybridized carbons (Fsp3) is 0.500. The van der Waals surface area contributed by atoms with Crippen molar-refractivity contribution in [2.75, 3.05) is 31.1 Å². The predicted octanol–water partition coefficient (Wildman–Crippen LogP) is 2.82. The number of nitrogens with one attached hydrogen (secondary N) is 1. The molecular weight excluding hydrogens is 364 g/mol. The molecule has 0 atom stereocenters. The van der Waals surface area contributed by atoms with Crippen molar-refractivity contribution in [1.29, 1.82) is 0 Å². The van der Waals surface area contributed by atoms with Crippen LogP contribution in [0, 0.1) is 16.0 Å². The molecule has 9 heteroatoms. The van der Waals surface area contributed by atoms with Crippen molar-refractivity contribution in [3.8, 4) is 0 Å². The first-order valence-corrected chi connectivity index (χ1v) is 8.84. The van der Waals surface area contributed by atoms with E-state index in [1.54, 1.807) is 12.1 Å². The number of thiocarbonyl (C=S) groups is 1. The third-order valence-electron chi connectivity index (χ3n) is 3.89. The molecule has 0 bridgehead atoms. The van der Waals surface area contributed by atoms with Crippen molar-refractivity contribution in [3.05, 3.63) is 33.3 Å². The first-order chi connectivity index (χ1) is 11.8. The molecule has 1 aliphatic rings. The number of nitrogens with zero attached hydrogens (tertiary/aromatic N) is 3. The second-order valence-corrected chi connectivity index (χ2v) is 7.08. The van der Waals surface area contributed by atoms with Gasteiger partial charge in [0.15, 0.2) is 5.11 Å². The Bertz CT molecular complexity index is 675. The van der Waals surface area contributed by atoms with Crippen LogP contribution in [0.5, 0.6) is 0 Å². The van der Waals surface area contributed by atoms with Gasteiger partial charge in [0.25, 0.3) is 5.69 Å². The summed E-state index contributed by atoms with van der Waals surface area (Å²) in [6, 6.07) is 4.66. The molecule has 1 fully saturated rings. The normalized spacial score (nSPS) is 14.6. The number of hydrogen-bond acceptors (Lipinski definition) is 5. The molecule has 2 rings (SSSR count). The van der Waals surface area contributed by atoms with E-state index in [9.17, 15) is 14.9 Å². The minimum atomic E-state index is -0.426. The highest BCUT2D eigenvalue weighted by atomic mass is 35.5. The summed E-state index contributed by atoms with van der Waals surface area (Å²) in [6.07, 6.45) is 0.423. The Hall–Kier alpha value is -1.93. The topological polar surface area (TPSA) is 78.7 Å². The molecule has 136 valence electrons. The molecule has 1 N–H and O–H groups in total. The van der Waals surface area contributed by atoms with Crippen molar-refractivity contribution in [2.24, 2.45) is 5.92 Å². The van der Waals surface area contributed by atoms with Gasteiger partial charge in [-0.15, -0.1) is 0 Å². The third kappa shape index (κ3) is 5.02. The Balaban J connectivity index is 2.00. The van der Waals surface area contributed by atoms with Gasteiger partial charge in [0, 0.05) is 38.7 Å². The summed E-state index contributed by atoms with van der Waals surface area (Å²) in [7, 11) is 0. The predicted molar refractivity (Wildman–Crippen MR) is 102 cm³/mol. The lowest BCUT2D eigenvalue weighted by molar-refractivity contribution is -0.384. The number of benzene rings is 1. The summed E-state index contributed by atoms with van der Waals surface area (Å²) in [5, 5.41) is 14.7. The second kappa shape index (κ2) is 8.44. The van der Waals surface area contributed by atoms with Crippen LogP contribution in [0.3, 0.4) is 0 Å². The Labute approximate surface area is 157 Å². The van der Waals surface area contributed by atoms with E-state index in [1.807, 2.05) is 23.6 Å².